The van der Waals surface area contributed by atoms with Crippen LogP contribution in [0, 0.1) is 11.7 Å². The van der Waals surface area contributed by atoms with Gasteiger partial charge in [-0.05, 0) is 49.3 Å². The molecule has 29 heavy (non-hydrogen) atoms. The van der Waals surface area contributed by atoms with Gasteiger partial charge in [-0.15, -0.1) is 0 Å². The fourth-order valence-corrected chi connectivity index (χ4v) is 4.12. The van der Waals surface area contributed by atoms with Crippen molar-refractivity contribution in [2.45, 2.75) is 50.4 Å². The van der Waals surface area contributed by atoms with E-state index in [1.165, 1.54) is 31.5 Å². The van der Waals surface area contributed by atoms with Crippen molar-refractivity contribution >= 4 is 11.9 Å². The van der Waals surface area contributed by atoms with Gasteiger partial charge in [0.1, 0.15) is 5.82 Å². The minimum absolute atomic E-state index is 0.201. The summed E-state index contributed by atoms with van der Waals surface area (Å²) in [6.07, 6.45) is 0.327. The molecule has 4 rings (SSSR count). The van der Waals surface area contributed by atoms with Crippen LogP contribution >= 0.6 is 0 Å². The van der Waals surface area contributed by atoms with Gasteiger partial charge in [0.15, 0.2) is 0 Å². The van der Waals surface area contributed by atoms with Gasteiger partial charge < -0.3 is 10.0 Å². The van der Waals surface area contributed by atoms with Crippen molar-refractivity contribution in [3.63, 3.8) is 0 Å². The standard InChI is InChI=1S/C18H23FN2O.C2HF3O2/c19-15-5-3-13(4-6-15)11-18(22)21-10-8-16-17(21)7-9-20(16)12-14-1-2-14;3-2(4,5)1(6)7/h3-6,14,16-17H,1-2,7-12H2;(H,6,7)/t16-,17+;/m0./s1. The molecule has 2 heterocycles. The molecule has 1 amide bonds. The Morgan fingerprint density at radius 2 is 1.59 bits per heavy atom. The molecule has 0 spiro atoms. The zero-order valence-electron chi connectivity index (χ0n) is 15.9. The molecule has 0 radical (unpaired) electrons. The predicted molar refractivity (Wildman–Crippen MR) is 96.6 cm³/mol. The third kappa shape index (κ3) is 5.68. The molecule has 0 unspecified atom stereocenters. The van der Waals surface area contributed by atoms with E-state index >= 15 is 0 Å². The molecule has 0 aromatic heterocycles. The van der Waals surface area contributed by atoms with E-state index in [9.17, 15) is 22.4 Å². The smallest absolute Gasteiger partial charge is 0.475 e. The van der Waals surface area contributed by atoms with Crippen molar-refractivity contribution in [1.82, 2.24) is 9.80 Å². The first-order valence-electron chi connectivity index (χ1n) is 9.73. The number of halogens is 4. The SMILES string of the molecule is O=C(Cc1ccc(F)cc1)N1CC[C@H]2[C@H]1CCN2CC1CC1.O=C(O)C(F)(F)F. The third-order valence-corrected chi connectivity index (χ3v) is 5.71. The number of nitrogens with zero attached hydrogens (tertiary/aromatic N) is 2. The van der Waals surface area contributed by atoms with Gasteiger partial charge in [-0.2, -0.15) is 13.2 Å². The first-order valence-corrected chi connectivity index (χ1v) is 9.73. The van der Waals surface area contributed by atoms with E-state index in [0.29, 0.717) is 18.5 Å². The fraction of sp³-hybridized carbons (Fsp3) is 0.600. The number of amides is 1. The number of carboxylic acids is 1. The molecular weight excluding hydrogens is 392 g/mol. The van der Waals surface area contributed by atoms with Gasteiger partial charge in [0.25, 0.3) is 0 Å². The van der Waals surface area contributed by atoms with Crippen LogP contribution in [0.2, 0.25) is 0 Å². The van der Waals surface area contributed by atoms with Gasteiger partial charge in [-0.1, -0.05) is 12.1 Å². The first-order chi connectivity index (χ1) is 13.6. The molecule has 1 aromatic carbocycles. The molecule has 9 heteroatoms. The highest BCUT2D eigenvalue weighted by molar-refractivity contribution is 5.79. The highest BCUT2D eigenvalue weighted by atomic mass is 19.4. The first kappa shape index (κ1) is 21.5. The summed E-state index contributed by atoms with van der Waals surface area (Å²) in [6.45, 7) is 3.27. The zero-order chi connectivity index (χ0) is 21.2. The molecule has 1 saturated carbocycles. The summed E-state index contributed by atoms with van der Waals surface area (Å²) in [7, 11) is 0. The van der Waals surface area contributed by atoms with Crippen LogP contribution in [-0.4, -0.2) is 64.7 Å². The number of fused-ring (bicyclic) bond motifs is 1. The summed E-state index contributed by atoms with van der Waals surface area (Å²) >= 11 is 0. The minimum Gasteiger partial charge on any atom is -0.475 e. The molecule has 2 atom stereocenters. The van der Waals surface area contributed by atoms with E-state index in [0.717, 1.165) is 37.4 Å². The molecule has 1 aliphatic carbocycles. The number of hydrogen-bond acceptors (Lipinski definition) is 3. The lowest BCUT2D eigenvalue weighted by atomic mass is 10.1. The van der Waals surface area contributed by atoms with Crippen LogP contribution in [0.15, 0.2) is 24.3 Å². The summed E-state index contributed by atoms with van der Waals surface area (Å²) in [6, 6.07) is 7.29. The Morgan fingerprint density at radius 3 is 2.14 bits per heavy atom. The monoisotopic (exact) mass is 416 g/mol. The average Bonchev–Trinajstić information content (AvgIpc) is 3.22. The lowest BCUT2D eigenvalue weighted by Gasteiger charge is -2.25. The van der Waals surface area contributed by atoms with E-state index in [-0.39, 0.29) is 11.7 Å². The summed E-state index contributed by atoms with van der Waals surface area (Å²) < 4.78 is 44.7. The van der Waals surface area contributed by atoms with Crippen LogP contribution < -0.4 is 0 Å². The Hall–Kier alpha value is -2.16. The predicted octanol–water partition coefficient (Wildman–Crippen LogP) is 3.09. The largest absolute Gasteiger partial charge is 0.490 e. The fourth-order valence-electron chi connectivity index (χ4n) is 4.12. The van der Waals surface area contributed by atoms with Crippen molar-refractivity contribution in [3.8, 4) is 0 Å². The number of carboxylic acid groups (broad SMARTS) is 1. The van der Waals surface area contributed by atoms with Crippen molar-refractivity contribution in [3.05, 3.63) is 35.6 Å². The molecule has 5 nitrogen and oxygen atoms in total. The number of likely N-dealkylation sites (tertiary alicyclic amines) is 2. The average molecular weight is 416 g/mol. The van der Waals surface area contributed by atoms with Crippen LogP contribution in [0.5, 0.6) is 0 Å². The van der Waals surface area contributed by atoms with E-state index in [4.69, 9.17) is 9.90 Å². The molecule has 160 valence electrons. The molecule has 0 bridgehead atoms. The Bertz CT molecular complexity index is 734. The third-order valence-electron chi connectivity index (χ3n) is 5.71. The van der Waals surface area contributed by atoms with Crippen LogP contribution in [0.1, 0.15) is 31.2 Å². The lowest BCUT2D eigenvalue weighted by Crippen LogP contribution is -2.40. The number of carbonyl (C=O) groups is 2. The van der Waals surface area contributed by atoms with Crippen molar-refractivity contribution in [1.29, 1.82) is 0 Å². The summed E-state index contributed by atoms with van der Waals surface area (Å²) in [5.74, 6) is -1.88. The Balaban J connectivity index is 0.000000298. The number of benzene rings is 1. The second-order valence-corrected chi connectivity index (χ2v) is 7.84. The molecule has 1 aromatic rings. The second-order valence-electron chi connectivity index (χ2n) is 7.84. The zero-order valence-corrected chi connectivity index (χ0v) is 15.9. The van der Waals surface area contributed by atoms with Gasteiger partial charge in [0.2, 0.25) is 5.91 Å². The number of alkyl halides is 3. The van der Waals surface area contributed by atoms with Gasteiger partial charge in [-0.25, -0.2) is 9.18 Å². The summed E-state index contributed by atoms with van der Waals surface area (Å²) in [5.41, 5.74) is 0.905. The molecule has 2 saturated heterocycles. The van der Waals surface area contributed by atoms with E-state index < -0.39 is 12.1 Å². The van der Waals surface area contributed by atoms with Crippen LogP contribution in [0.3, 0.4) is 0 Å². The topological polar surface area (TPSA) is 60.9 Å². The number of hydrogen-bond donors (Lipinski definition) is 1. The Kier molecular flexibility index (Phi) is 6.45. The van der Waals surface area contributed by atoms with Crippen LogP contribution in [-0.2, 0) is 16.0 Å². The summed E-state index contributed by atoms with van der Waals surface area (Å²) in [4.78, 5) is 26.2. The lowest BCUT2D eigenvalue weighted by molar-refractivity contribution is -0.192. The minimum atomic E-state index is -5.08. The van der Waals surface area contributed by atoms with Crippen LogP contribution in [0.25, 0.3) is 0 Å². The van der Waals surface area contributed by atoms with Crippen molar-refractivity contribution < 1.29 is 32.3 Å². The Labute approximate surface area is 166 Å². The number of aliphatic carboxylic acids is 1. The summed E-state index contributed by atoms with van der Waals surface area (Å²) in [5, 5.41) is 7.12. The highest BCUT2D eigenvalue weighted by Gasteiger charge is 2.45. The van der Waals surface area contributed by atoms with E-state index in [1.807, 2.05) is 0 Å². The van der Waals surface area contributed by atoms with Gasteiger partial charge >= 0.3 is 12.1 Å². The maximum Gasteiger partial charge on any atom is 0.490 e. The van der Waals surface area contributed by atoms with E-state index in [2.05, 4.69) is 9.80 Å². The molecule has 2 aliphatic heterocycles. The quantitative estimate of drug-likeness (QED) is 0.767. The normalized spacial score (nSPS) is 24.1. The van der Waals surface area contributed by atoms with Crippen LogP contribution in [0.4, 0.5) is 17.6 Å². The van der Waals surface area contributed by atoms with Gasteiger partial charge in [-0.3, -0.25) is 9.69 Å². The maximum absolute atomic E-state index is 13.0. The number of carbonyl (C=O) groups excluding carboxylic acids is 1. The maximum atomic E-state index is 13.0. The molecule has 3 aliphatic rings. The van der Waals surface area contributed by atoms with Gasteiger partial charge in [0.05, 0.1) is 6.42 Å². The second kappa shape index (κ2) is 8.69. The molecule has 3 fully saturated rings. The molecular formula is C20H24F4N2O3. The number of rotatable bonds is 4. The van der Waals surface area contributed by atoms with Gasteiger partial charge in [0, 0.05) is 31.7 Å². The van der Waals surface area contributed by atoms with Crippen molar-refractivity contribution in [2.75, 3.05) is 19.6 Å². The highest BCUT2D eigenvalue weighted by Crippen LogP contribution is 2.37. The van der Waals surface area contributed by atoms with E-state index in [1.54, 1.807) is 12.1 Å². The molecule has 1 N–H and O–H groups in total. The Morgan fingerprint density at radius 1 is 1.00 bits per heavy atom. The van der Waals surface area contributed by atoms with Crippen molar-refractivity contribution in [2.24, 2.45) is 5.92 Å².